The summed E-state index contributed by atoms with van der Waals surface area (Å²) in [5.41, 5.74) is 0. The van der Waals surface area contributed by atoms with Gasteiger partial charge in [-0.15, -0.1) is 0 Å². The lowest BCUT2D eigenvalue weighted by Gasteiger charge is -1.56. The molecule has 0 aliphatic heterocycles. The van der Waals surface area contributed by atoms with Crippen molar-refractivity contribution in [1.82, 2.24) is 0 Å². The summed E-state index contributed by atoms with van der Waals surface area (Å²) in [7, 11) is 0. The first kappa shape index (κ1) is 22.7. The Morgan fingerprint density at radius 2 is 0.538 bits per heavy atom. The third-order valence-corrected chi connectivity index (χ3v) is 0. The minimum Gasteiger partial charge on any atom is -0.412 e. The maximum absolute atomic E-state index is 9.44. The van der Waals surface area contributed by atoms with Gasteiger partial charge < -0.3 is 19.9 Å². The van der Waals surface area contributed by atoms with Crippen LogP contribution in [0.1, 0.15) is 41.5 Å². The topological polar surface area (TPSA) is 82.7 Å². The van der Waals surface area contributed by atoms with Gasteiger partial charge in [0.25, 0.3) is 0 Å². The molecule has 0 aliphatic carbocycles. The predicted octanol–water partition coefficient (Wildman–Crippen LogP) is 0.961. The largest absolute Gasteiger partial charge is 0.412 e. The molecule has 2 N–H and O–H groups in total. The van der Waals surface area contributed by atoms with Crippen molar-refractivity contribution in [3.8, 4) is 0 Å². The molecule has 0 aromatic carbocycles. The fraction of sp³-hybridized carbons (Fsp3) is 0.667. The monoisotopic (exact) mass is 192 g/mol. The van der Waals surface area contributed by atoms with E-state index in [-0.39, 0.29) is 22.8 Å². The highest BCUT2D eigenvalue weighted by Gasteiger charge is 1.63. The molecule has 0 heterocycles. The maximum Gasteiger partial charge on any atom is 0.126 e. The third kappa shape index (κ3) is 832. The van der Waals surface area contributed by atoms with Crippen molar-refractivity contribution in [2.75, 3.05) is 0 Å². The van der Waals surface area contributed by atoms with E-state index in [9.17, 15) is 14.4 Å². The molecule has 0 saturated carbocycles. The van der Waals surface area contributed by atoms with Crippen LogP contribution in [-0.4, -0.2) is 22.8 Å². The normalized spacial score (nSPS) is 6.00. The second-order valence-corrected chi connectivity index (χ2v) is 2.72. The predicted molar refractivity (Wildman–Crippen MR) is 52.7 cm³/mol. The summed E-state index contributed by atoms with van der Waals surface area (Å²) in [5, 5.41) is 0. The minimum absolute atomic E-state index is 0. The van der Waals surface area contributed by atoms with Crippen molar-refractivity contribution >= 4 is 17.3 Å². The Morgan fingerprint density at radius 3 is 0.538 bits per heavy atom. The molecule has 0 unspecified atom stereocenters. The smallest absolute Gasteiger partial charge is 0.126 e. The minimum atomic E-state index is 0. The van der Waals surface area contributed by atoms with Gasteiger partial charge in [-0.25, -0.2) is 0 Å². The van der Waals surface area contributed by atoms with Crippen LogP contribution in [0.3, 0.4) is 0 Å². The number of hydrogen-bond donors (Lipinski definition) is 0. The molecule has 13 heavy (non-hydrogen) atoms. The van der Waals surface area contributed by atoms with E-state index in [2.05, 4.69) is 0 Å². The van der Waals surface area contributed by atoms with Crippen LogP contribution in [0.5, 0.6) is 0 Å². The molecule has 0 aromatic heterocycles. The molecule has 0 atom stereocenters. The number of ketones is 3. The second kappa shape index (κ2) is 17.2. The lowest BCUT2D eigenvalue weighted by atomic mass is 10.6. The van der Waals surface area contributed by atoms with Gasteiger partial charge in [-0.05, 0) is 41.5 Å². The van der Waals surface area contributed by atoms with Gasteiger partial charge >= 0.3 is 0 Å². The van der Waals surface area contributed by atoms with E-state index >= 15 is 0 Å². The van der Waals surface area contributed by atoms with Gasteiger partial charge in [-0.2, -0.15) is 0 Å². The van der Waals surface area contributed by atoms with Gasteiger partial charge in [0.05, 0.1) is 0 Å². The summed E-state index contributed by atoms with van der Waals surface area (Å²) in [6.45, 7) is 9.17. The summed E-state index contributed by atoms with van der Waals surface area (Å²) in [6.07, 6.45) is 0. The third-order valence-electron chi connectivity index (χ3n) is 0. The molecule has 4 heteroatoms. The molecule has 0 radical (unpaired) electrons. The van der Waals surface area contributed by atoms with Crippen molar-refractivity contribution < 1.29 is 19.9 Å². The molecule has 80 valence electrons. The summed E-state index contributed by atoms with van der Waals surface area (Å²) in [5.74, 6) is 0.500. The molecule has 0 saturated heterocycles. The second-order valence-electron chi connectivity index (χ2n) is 2.72. The van der Waals surface area contributed by atoms with E-state index in [1.807, 2.05) is 0 Å². The van der Waals surface area contributed by atoms with E-state index < -0.39 is 0 Å². The van der Waals surface area contributed by atoms with Crippen molar-refractivity contribution in [2.24, 2.45) is 0 Å². The van der Waals surface area contributed by atoms with Crippen molar-refractivity contribution in [1.29, 1.82) is 0 Å². The Hall–Kier alpha value is -1.03. The number of carbonyl (C=O) groups is 3. The van der Waals surface area contributed by atoms with Crippen LogP contribution >= 0.6 is 0 Å². The summed E-state index contributed by atoms with van der Waals surface area (Å²) in [6, 6.07) is 0. The first-order chi connectivity index (χ1) is 5.20. The molecular formula is C9H20O4. The Balaban J connectivity index is -0.0000000450. The van der Waals surface area contributed by atoms with Gasteiger partial charge in [0.2, 0.25) is 0 Å². The number of hydrogen-bond acceptors (Lipinski definition) is 3. The highest BCUT2D eigenvalue weighted by Crippen LogP contribution is 1.51. The Labute approximate surface area is 79.6 Å². The molecular weight excluding hydrogens is 172 g/mol. The zero-order chi connectivity index (χ0) is 10.7. The fourth-order valence-electron chi connectivity index (χ4n) is 0. The average molecular weight is 192 g/mol. The molecule has 0 bridgehead atoms. The van der Waals surface area contributed by atoms with Crippen LogP contribution in [0.25, 0.3) is 0 Å². The first-order valence-electron chi connectivity index (χ1n) is 3.61. The molecule has 0 aliphatic rings. The zero-order valence-corrected chi connectivity index (χ0v) is 9.22. The lowest BCUT2D eigenvalue weighted by molar-refractivity contribution is -0.115. The maximum atomic E-state index is 9.44. The van der Waals surface area contributed by atoms with Crippen LogP contribution in [0.2, 0.25) is 0 Å². The van der Waals surface area contributed by atoms with Crippen LogP contribution in [0.15, 0.2) is 0 Å². The summed E-state index contributed by atoms with van der Waals surface area (Å²) >= 11 is 0. The Kier molecular flexibility index (Phi) is 29.9. The van der Waals surface area contributed by atoms with E-state index in [4.69, 9.17) is 0 Å². The Morgan fingerprint density at radius 1 is 0.538 bits per heavy atom. The van der Waals surface area contributed by atoms with Gasteiger partial charge in [-0.3, -0.25) is 0 Å². The highest BCUT2D eigenvalue weighted by molar-refractivity contribution is 5.72. The molecule has 0 rings (SSSR count). The molecule has 0 fully saturated rings. The number of Topliss-reactive ketones (excluding diaryl/α,β-unsaturated/α-hetero) is 3. The SMILES string of the molecule is CC(C)=O.CC(C)=O.CC(C)=O.O. The highest BCUT2D eigenvalue weighted by atomic mass is 16.1. The van der Waals surface area contributed by atoms with E-state index in [1.54, 1.807) is 0 Å². The van der Waals surface area contributed by atoms with Gasteiger partial charge in [0, 0.05) is 0 Å². The van der Waals surface area contributed by atoms with Crippen LogP contribution in [0, 0.1) is 0 Å². The molecule has 4 nitrogen and oxygen atoms in total. The summed E-state index contributed by atoms with van der Waals surface area (Å²) < 4.78 is 0. The van der Waals surface area contributed by atoms with E-state index in [1.165, 1.54) is 41.5 Å². The number of rotatable bonds is 0. The van der Waals surface area contributed by atoms with Crippen LogP contribution < -0.4 is 0 Å². The van der Waals surface area contributed by atoms with Gasteiger partial charge in [0.15, 0.2) is 0 Å². The fourth-order valence-corrected chi connectivity index (χ4v) is 0. The van der Waals surface area contributed by atoms with Gasteiger partial charge in [-0.1, -0.05) is 0 Å². The van der Waals surface area contributed by atoms with Gasteiger partial charge in [0.1, 0.15) is 17.3 Å². The Bertz CT molecular complexity index is 109. The van der Waals surface area contributed by atoms with Crippen LogP contribution in [0.4, 0.5) is 0 Å². The zero-order valence-electron chi connectivity index (χ0n) is 9.22. The molecule has 0 aromatic rings. The lowest BCUT2D eigenvalue weighted by Crippen LogP contribution is -1.69. The molecule has 0 amide bonds. The molecule has 0 spiro atoms. The first-order valence-corrected chi connectivity index (χ1v) is 3.61. The van der Waals surface area contributed by atoms with Crippen molar-refractivity contribution in [2.45, 2.75) is 41.5 Å². The summed E-state index contributed by atoms with van der Waals surface area (Å²) in [4.78, 5) is 28.3. The standard InChI is InChI=1S/3C3H6O.H2O/c3*1-3(2)4;/h3*1-2H3;1H2. The van der Waals surface area contributed by atoms with Crippen LogP contribution in [-0.2, 0) is 14.4 Å². The van der Waals surface area contributed by atoms with Crippen molar-refractivity contribution in [3.05, 3.63) is 0 Å². The average Bonchev–Trinajstić information content (AvgIpc) is 1.54. The number of carbonyl (C=O) groups excluding carboxylic acids is 3. The quantitative estimate of drug-likeness (QED) is 0.573. The van der Waals surface area contributed by atoms with E-state index in [0.29, 0.717) is 0 Å². The van der Waals surface area contributed by atoms with E-state index in [0.717, 1.165) is 0 Å². The van der Waals surface area contributed by atoms with Crippen molar-refractivity contribution in [3.63, 3.8) is 0 Å².